The molecule has 1 aromatic carbocycles. The average Bonchev–Trinajstić information content (AvgIpc) is 2.70. The molecule has 1 heterocycles. The highest BCUT2D eigenvalue weighted by atomic mass is 19.4. The van der Waals surface area contributed by atoms with Crippen molar-refractivity contribution in [2.45, 2.75) is 44.0 Å². The number of halogens is 3. The number of anilines is 4. The van der Waals surface area contributed by atoms with Crippen LogP contribution in [-0.4, -0.2) is 27.2 Å². The number of para-hydroxylation sites is 2. The van der Waals surface area contributed by atoms with E-state index in [2.05, 4.69) is 39.1 Å². The number of rotatable bonds is 7. The van der Waals surface area contributed by atoms with Crippen molar-refractivity contribution in [3.63, 3.8) is 0 Å². The Balaban J connectivity index is 1.88. The number of aromatic nitrogens is 2. The summed E-state index contributed by atoms with van der Waals surface area (Å²) in [5, 5.41) is 18.5. The van der Waals surface area contributed by atoms with Crippen LogP contribution in [-0.2, 0) is 6.18 Å². The summed E-state index contributed by atoms with van der Waals surface area (Å²) in [7, 11) is 0. The lowest BCUT2D eigenvalue weighted by atomic mass is 9.93. The van der Waals surface area contributed by atoms with Crippen molar-refractivity contribution < 1.29 is 18.3 Å². The Morgan fingerprint density at radius 1 is 1.13 bits per heavy atom. The summed E-state index contributed by atoms with van der Waals surface area (Å²) in [6.07, 6.45) is -0.00759. The molecule has 1 aliphatic carbocycles. The van der Waals surface area contributed by atoms with Crippen molar-refractivity contribution in [3.8, 4) is 0 Å². The minimum absolute atomic E-state index is 0.00264. The Labute approximate surface area is 172 Å². The summed E-state index contributed by atoms with van der Waals surface area (Å²) < 4.78 is 40.6. The standard InChI is InChI=1S/C21H24F3N5O/c1-3-13(2)26-17-6-4-5-7-18(17)28-19-16(21(22,23)24)12-25-20(29-19)27-14-8-10-15(30)11-9-14/h3-7,12,14-15,26,30H,1-2,8-11H2,(H2,25,27,28,29). The summed E-state index contributed by atoms with van der Waals surface area (Å²) in [6, 6.07) is 6.79. The zero-order valence-corrected chi connectivity index (χ0v) is 16.3. The number of aliphatic hydroxyl groups excluding tert-OH is 1. The van der Waals surface area contributed by atoms with E-state index in [9.17, 15) is 18.3 Å². The summed E-state index contributed by atoms with van der Waals surface area (Å²) in [4.78, 5) is 7.96. The van der Waals surface area contributed by atoms with Gasteiger partial charge in [-0.2, -0.15) is 18.2 Å². The third-order valence-electron chi connectivity index (χ3n) is 4.85. The highest BCUT2D eigenvalue weighted by Crippen LogP contribution is 2.36. The quantitative estimate of drug-likeness (QED) is 0.470. The second-order valence-electron chi connectivity index (χ2n) is 7.13. The molecule has 0 atom stereocenters. The van der Waals surface area contributed by atoms with Gasteiger partial charge in [-0.1, -0.05) is 25.3 Å². The van der Waals surface area contributed by atoms with Crippen molar-refractivity contribution in [2.75, 3.05) is 16.0 Å². The van der Waals surface area contributed by atoms with Gasteiger partial charge in [-0.3, -0.25) is 0 Å². The minimum Gasteiger partial charge on any atom is -0.393 e. The van der Waals surface area contributed by atoms with Crippen LogP contribution in [0.4, 0.5) is 36.3 Å². The second-order valence-corrected chi connectivity index (χ2v) is 7.13. The summed E-state index contributed by atoms with van der Waals surface area (Å²) >= 11 is 0. The third-order valence-corrected chi connectivity index (χ3v) is 4.85. The first-order valence-corrected chi connectivity index (χ1v) is 9.59. The molecular weight excluding hydrogens is 395 g/mol. The van der Waals surface area contributed by atoms with E-state index in [-0.39, 0.29) is 23.9 Å². The van der Waals surface area contributed by atoms with Crippen molar-refractivity contribution in [1.82, 2.24) is 9.97 Å². The van der Waals surface area contributed by atoms with Crippen molar-refractivity contribution >= 4 is 23.1 Å². The summed E-state index contributed by atoms with van der Waals surface area (Å²) in [5.74, 6) is -0.248. The lowest BCUT2D eigenvalue weighted by molar-refractivity contribution is -0.137. The molecular formula is C21H24F3N5O. The van der Waals surface area contributed by atoms with Gasteiger partial charge in [-0.25, -0.2) is 4.98 Å². The van der Waals surface area contributed by atoms with Gasteiger partial charge in [0, 0.05) is 17.9 Å². The maximum atomic E-state index is 13.5. The number of benzene rings is 1. The molecule has 2 aromatic rings. The molecule has 0 saturated heterocycles. The molecule has 4 N–H and O–H groups in total. The van der Waals surface area contributed by atoms with Gasteiger partial charge >= 0.3 is 6.18 Å². The normalized spacial score (nSPS) is 19.1. The molecule has 0 spiro atoms. The monoisotopic (exact) mass is 419 g/mol. The number of nitrogens with one attached hydrogen (secondary N) is 3. The van der Waals surface area contributed by atoms with Gasteiger partial charge in [-0.05, 0) is 43.9 Å². The smallest absolute Gasteiger partial charge is 0.393 e. The number of aliphatic hydroxyl groups is 1. The van der Waals surface area contributed by atoms with Crippen molar-refractivity contribution in [3.05, 3.63) is 61.0 Å². The van der Waals surface area contributed by atoms with E-state index in [0.29, 0.717) is 42.8 Å². The Bertz CT molecular complexity index is 908. The molecule has 0 unspecified atom stereocenters. The zero-order valence-electron chi connectivity index (χ0n) is 16.3. The molecule has 3 rings (SSSR count). The number of nitrogens with zero attached hydrogens (tertiary/aromatic N) is 2. The molecule has 0 aliphatic heterocycles. The van der Waals surface area contributed by atoms with Crippen LogP contribution < -0.4 is 16.0 Å². The van der Waals surface area contributed by atoms with Crippen LogP contribution in [0, 0.1) is 0 Å². The van der Waals surface area contributed by atoms with Gasteiger partial charge < -0.3 is 21.1 Å². The zero-order chi connectivity index (χ0) is 21.7. The fourth-order valence-corrected chi connectivity index (χ4v) is 3.21. The van der Waals surface area contributed by atoms with E-state index in [1.807, 2.05) is 0 Å². The van der Waals surface area contributed by atoms with E-state index in [0.717, 1.165) is 6.20 Å². The first kappa shape index (κ1) is 21.6. The van der Waals surface area contributed by atoms with Crippen molar-refractivity contribution in [2.24, 2.45) is 0 Å². The highest BCUT2D eigenvalue weighted by Gasteiger charge is 2.35. The fourth-order valence-electron chi connectivity index (χ4n) is 3.21. The van der Waals surface area contributed by atoms with Crippen LogP contribution in [0.25, 0.3) is 0 Å². The average molecular weight is 419 g/mol. The van der Waals surface area contributed by atoms with E-state index in [1.165, 1.54) is 6.08 Å². The van der Waals surface area contributed by atoms with Crippen LogP contribution >= 0.6 is 0 Å². The van der Waals surface area contributed by atoms with E-state index in [4.69, 9.17) is 0 Å². The lowest BCUT2D eigenvalue weighted by Gasteiger charge is -2.26. The Hall–Kier alpha value is -3.07. The Kier molecular flexibility index (Phi) is 6.61. The Morgan fingerprint density at radius 3 is 2.43 bits per heavy atom. The van der Waals surface area contributed by atoms with Crippen LogP contribution in [0.2, 0.25) is 0 Å². The molecule has 1 saturated carbocycles. The molecule has 0 radical (unpaired) electrons. The van der Waals surface area contributed by atoms with Crippen LogP contribution in [0.1, 0.15) is 31.2 Å². The van der Waals surface area contributed by atoms with Crippen molar-refractivity contribution in [1.29, 1.82) is 0 Å². The van der Waals surface area contributed by atoms with E-state index < -0.39 is 11.7 Å². The van der Waals surface area contributed by atoms with Gasteiger partial charge in [0.05, 0.1) is 17.5 Å². The SMILES string of the molecule is C=CC(=C)Nc1ccccc1Nc1nc(NC2CCC(O)CC2)ncc1C(F)(F)F. The van der Waals surface area contributed by atoms with Crippen LogP contribution in [0.15, 0.2) is 55.4 Å². The largest absolute Gasteiger partial charge is 0.421 e. The first-order valence-electron chi connectivity index (χ1n) is 9.59. The predicted octanol–water partition coefficient (Wildman–Crippen LogP) is 5.07. The van der Waals surface area contributed by atoms with Crippen LogP contribution in [0.3, 0.4) is 0 Å². The molecule has 1 fully saturated rings. The molecule has 6 nitrogen and oxygen atoms in total. The molecule has 1 aromatic heterocycles. The number of hydrogen-bond acceptors (Lipinski definition) is 6. The molecule has 1 aliphatic rings. The van der Waals surface area contributed by atoms with Gasteiger partial charge in [0.15, 0.2) is 0 Å². The third kappa shape index (κ3) is 5.50. The van der Waals surface area contributed by atoms with E-state index >= 15 is 0 Å². The second kappa shape index (κ2) is 9.17. The molecule has 0 amide bonds. The summed E-state index contributed by atoms with van der Waals surface area (Å²) in [5.41, 5.74) is 0.468. The maximum Gasteiger partial charge on any atom is 0.421 e. The molecule has 9 heteroatoms. The molecule has 160 valence electrons. The lowest BCUT2D eigenvalue weighted by Crippen LogP contribution is -2.29. The van der Waals surface area contributed by atoms with Crippen LogP contribution in [0.5, 0.6) is 0 Å². The van der Waals surface area contributed by atoms with Gasteiger partial charge in [0.25, 0.3) is 0 Å². The predicted molar refractivity (Wildman–Crippen MR) is 112 cm³/mol. The fraction of sp³-hybridized carbons (Fsp3) is 0.333. The van der Waals surface area contributed by atoms with Gasteiger partial charge in [-0.15, -0.1) is 0 Å². The Morgan fingerprint density at radius 2 is 1.80 bits per heavy atom. The summed E-state index contributed by atoms with van der Waals surface area (Å²) in [6.45, 7) is 7.38. The maximum absolute atomic E-state index is 13.5. The first-order chi connectivity index (χ1) is 14.3. The minimum atomic E-state index is -4.62. The molecule has 30 heavy (non-hydrogen) atoms. The van der Waals surface area contributed by atoms with Gasteiger partial charge in [0.2, 0.25) is 5.95 Å². The molecule has 0 bridgehead atoms. The number of allylic oxidation sites excluding steroid dienone is 1. The van der Waals surface area contributed by atoms with E-state index in [1.54, 1.807) is 24.3 Å². The number of alkyl halides is 3. The number of hydrogen-bond donors (Lipinski definition) is 4. The van der Waals surface area contributed by atoms with Gasteiger partial charge in [0.1, 0.15) is 11.4 Å². The highest BCUT2D eigenvalue weighted by molar-refractivity contribution is 5.76. The topological polar surface area (TPSA) is 82.1 Å².